The van der Waals surface area contributed by atoms with Crippen LogP contribution in [0.1, 0.15) is 5.82 Å². The molecule has 0 saturated carbocycles. The molecule has 2 rings (SSSR count). The van der Waals surface area contributed by atoms with E-state index in [4.69, 9.17) is 0 Å². The molecule has 120 valence electrons. The van der Waals surface area contributed by atoms with E-state index in [0.29, 0.717) is 5.56 Å². The predicted molar refractivity (Wildman–Crippen MR) is 72.3 cm³/mol. The second-order valence-electron chi connectivity index (χ2n) is 4.78. The molecule has 0 unspecified atom stereocenters. The molecule has 9 heteroatoms. The zero-order chi connectivity index (χ0) is 16.5. The average molecular weight is 336 g/mol. The van der Waals surface area contributed by atoms with Crippen LogP contribution in [0.2, 0.25) is 0 Å². The van der Waals surface area contributed by atoms with Crippen LogP contribution in [0.5, 0.6) is 0 Å². The van der Waals surface area contributed by atoms with Gasteiger partial charge in [0.25, 0.3) is 0 Å². The molecule has 2 aromatic rings. The molecule has 0 saturated heterocycles. The van der Waals surface area contributed by atoms with Gasteiger partial charge in [-0.3, -0.25) is 0 Å². The van der Waals surface area contributed by atoms with Gasteiger partial charge in [0.15, 0.2) is 0 Å². The monoisotopic (exact) mass is 336 g/mol. The highest BCUT2D eigenvalue weighted by Crippen LogP contribution is 2.31. The van der Waals surface area contributed by atoms with Gasteiger partial charge in [-0.05, 0) is 24.3 Å². The number of alkyl halides is 3. The third kappa shape index (κ3) is 4.06. The summed E-state index contributed by atoms with van der Waals surface area (Å²) in [6.45, 7) is -0.359. The van der Waals surface area contributed by atoms with Crippen molar-refractivity contribution in [3.05, 3.63) is 42.1 Å². The molecule has 1 aromatic heterocycles. The smallest absolute Gasteiger partial charge is 0.326 e. The molecule has 0 aliphatic carbocycles. The van der Waals surface area contributed by atoms with E-state index in [2.05, 4.69) is 4.98 Å². The average Bonchev–Trinajstić information content (AvgIpc) is 2.80. The first-order chi connectivity index (χ1) is 10.1. The number of benzene rings is 1. The first-order valence-corrected chi connectivity index (χ1v) is 8.20. The minimum atomic E-state index is -4.71. The zero-order valence-corrected chi connectivity index (χ0v) is 12.2. The normalized spacial score (nSPS) is 12.6. The highest BCUT2D eigenvalue weighted by atomic mass is 32.2. The van der Waals surface area contributed by atoms with E-state index in [9.17, 15) is 26.0 Å². The molecule has 0 aliphatic heterocycles. The van der Waals surface area contributed by atoms with Crippen molar-refractivity contribution in [2.45, 2.75) is 12.7 Å². The van der Waals surface area contributed by atoms with Crippen LogP contribution in [-0.2, 0) is 22.6 Å². The van der Waals surface area contributed by atoms with Crippen molar-refractivity contribution >= 4 is 9.84 Å². The highest BCUT2D eigenvalue weighted by Gasteiger charge is 2.37. The van der Waals surface area contributed by atoms with Crippen molar-refractivity contribution in [3.8, 4) is 11.3 Å². The summed E-state index contributed by atoms with van der Waals surface area (Å²) in [6.07, 6.45) is -2.66. The Morgan fingerprint density at radius 3 is 2.27 bits per heavy atom. The standard InChI is InChI=1S/C13H12F4N2O2S/c1-22(20,21)7-6-19-8-11(18-12(19)13(15,16)17)9-2-4-10(14)5-3-9/h2-5,8H,6-7H2,1H3. The number of hydrogen-bond acceptors (Lipinski definition) is 3. The van der Waals surface area contributed by atoms with E-state index in [1.165, 1.54) is 12.1 Å². The number of rotatable bonds is 4. The Bertz CT molecular complexity index is 764. The molecule has 0 spiro atoms. The second-order valence-corrected chi connectivity index (χ2v) is 7.04. The molecule has 1 heterocycles. The fourth-order valence-electron chi connectivity index (χ4n) is 1.84. The summed E-state index contributed by atoms with van der Waals surface area (Å²) in [4.78, 5) is 3.50. The van der Waals surface area contributed by atoms with Crippen LogP contribution in [0.3, 0.4) is 0 Å². The summed E-state index contributed by atoms with van der Waals surface area (Å²) in [7, 11) is -3.41. The molecule has 4 nitrogen and oxygen atoms in total. The Balaban J connectivity index is 2.41. The largest absolute Gasteiger partial charge is 0.449 e. The maximum absolute atomic E-state index is 13.0. The summed E-state index contributed by atoms with van der Waals surface area (Å²) < 4.78 is 74.8. The van der Waals surface area contributed by atoms with E-state index >= 15 is 0 Å². The number of imidazole rings is 1. The molecule has 0 amide bonds. The molecule has 22 heavy (non-hydrogen) atoms. The molecule has 0 fully saturated rings. The molecule has 1 aromatic carbocycles. The van der Waals surface area contributed by atoms with E-state index in [1.807, 2.05) is 0 Å². The third-order valence-corrected chi connectivity index (χ3v) is 3.80. The molecule has 0 atom stereocenters. The van der Waals surface area contributed by atoms with Crippen molar-refractivity contribution in [2.75, 3.05) is 12.0 Å². The topological polar surface area (TPSA) is 52.0 Å². The number of nitrogens with zero attached hydrogens (tertiary/aromatic N) is 2. The van der Waals surface area contributed by atoms with E-state index in [-0.39, 0.29) is 12.2 Å². The fraction of sp³-hybridized carbons (Fsp3) is 0.308. The molecule has 0 radical (unpaired) electrons. The number of sulfone groups is 1. The molecule has 0 aliphatic rings. The van der Waals surface area contributed by atoms with Crippen LogP contribution < -0.4 is 0 Å². The summed E-state index contributed by atoms with van der Waals surface area (Å²) in [5.74, 6) is -2.14. The predicted octanol–water partition coefficient (Wildman–Crippen LogP) is 2.75. The maximum Gasteiger partial charge on any atom is 0.449 e. The Kier molecular flexibility index (Phi) is 4.28. The Morgan fingerprint density at radius 2 is 1.77 bits per heavy atom. The van der Waals surface area contributed by atoms with Crippen molar-refractivity contribution in [3.63, 3.8) is 0 Å². The minimum Gasteiger partial charge on any atom is -0.326 e. The molecular weight excluding hydrogens is 324 g/mol. The lowest BCUT2D eigenvalue weighted by Gasteiger charge is -2.09. The lowest BCUT2D eigenvalue weighted by atomic mass is 10.2. The van der Waals surface area contributed by atoms with Crippen LogP contribution in [0.15, 0.2) is 30.5 Å². The maximum atomic E-state index is 13.0. The Labute approximate surface area is 124 Å². The first-order valence-electron chi connectivity index (χ1n) is 6.14. The van der Waals surface area contributed by atoms with E-state index in [1.54, 1.807) is 0 Å². The fourth-order valence-corrected chi connectivity index (χ4v) is 2.36. The minimum absolute atomic E-state index is 0.000765. The van der Waals surface area contributed by atoms with Gasteiger partial charge >= 0.3 is 6.18 Å². The van der Waals surface area contributed by atoms with Gasteiger partial charge in [0.2, 0.25) is 5.82 Å². The van der Waals surface area contributed by atoms with Gasteiger partial charge in [0.1, 0.15) is 15.7 Å². The summed E-state index contributed by atoms with van der Waals surface area (Å²) >= 11 is 0. The zero-order valence-electron chi connectivity index (χ0n) is 11.4. The highest BCUT2D eigenvalue weighted by molar-refractivity contribution is 7.90. The van der Waals surface area contributed by atoms with Crippen LogP contribution >= 0.6 is 0 Å². The lowest BCUT2D eigenvalue weighted by molar-refractivity contribution is -0.147. The molecule has 0 N–H and O–H groups in total. The third-order valence-electron chi connectivity index (χ3n) is 2.87. The van der Waals surface area contributed by atoms with Crippen LogP contribution in [0.4, 0.5) is 17.6 Å². The Hall–Kier alpha value is -1.90. The summed E-state index contributed by atoms with van der Waals surface area (Å²) in [6, 6.07) is 4.83. The molecule has 0 bridgehead atoms. The van der Waals surface area contributed by atoms with Gasteiger partial charge in [-0.2, -0.15) is 13.2 Å². The van der Waals surface area contributed by atoms with Gasteiger partial charge in [0, 0.05) is 24.6 Å². The first kappa shape index (κ1) is 16.5. The van der Waals surface area contributed by atoms with Crippen LogP contribution in [0.25, 0.3) is 11.3 Å². The number of aryl methyl sites for hydroxylation is 1. The van der Waals surface area contributed by atoms with E-state index < -0.39 is 33.4 Å². The number of hydrogen-bond donors (Lipinski definition) is 0. The Morgan fingerprint density at radius 1 is 1.18 bits per heavy atom. The van der Waals surface area contributed by atoms with Crippen LogP contribution in [-0.4, -0.2) is 30.0 Å². The second kappa shape index (κ2) is 5.71. The quantitative estimate of drug-likeness (QED) is 0.807. The van der Waals surface area contributed by atoms with E-state index in [0.717, 1.165) is 29.2 Å². The number of halogens is 4. The summed E-state index contributed by atoms with van der Waals surface area (Å²) in [5, 5.41) is 0. The van der Waals surface area contributed by atoms with Gasteiger partial charge in [-0.15, -0.1) is 0 Å². The van der Waals surface area contributed by atoms with Gasteiger partial charge in [0.05, 0.1) is 11.4 Å². The molecular formula is C13H12F4N2O2S. The van der Waals surface area contributed by atoms with Gasteiger partial charge in [-0.1, -0.05) is 0 Å². The van der Waals surface area contributed by atoms with Crippen molar-refractivity contribution in [1.29, 1.82) is 0 Å². The summed E-state index contributed by atoms with van der Waals surface area (Å²) in [5.41, 5.74) is 0.311. The van der Waals surface area contributed by atoms with Crippen LogP contribution in [0, 0.1) is 5.82 Å². The van der Waals surface area contributed by atoms with Gasteiger partial charge < -0.3 is 4.57 Å². The lowest BCUT2D eigenvalue weighted by Crippen LogP contribution is -2.18. The van der Waals surface area contributed by atoms with Crippen molar-refractivity contribution in [1.82, 2.24) is 9.55 Å². The van der Waals surface area contributed by atoms with Crippen molar-refractivity contribution < 1.29 is 26.0 Å². The number of aromatic nitrogens is 2. The SMILES string of the molecule is CS(=O)(=O)CCn1cc(-c2ccc(F)cc2)nc1C(F)(F)F. The van der Waals surface area contributed by atoms with Gasteiger partial charge in [-0.25, -0.2) is 17.8 Å². The van der Waals surface area contributed by atoms with Crippen molar-refractivity contribution in [2.24, 2.45) is 0 Å².